The van der Waals surface area contributed by atoms with Crippen molar-refractivity contribution >= 4 is 63.1 Å². The predicted molar refractivity (Wildman–Crippen MR) is 168 cm³/mol. The van der Waals surface area contributed by atoms with Gasteiger partial charge >= 0.3 is 5.97 Å². The van der Waals surface area contributed by atoms with E-state index < -0.39 is 17.0 Å². The van der Waals surface area contributed by atoms with Crippen LogP contribution in [0.1, 0.15) is 12.8 Å². The Morgan fingerprint density at radius 2 is 1.90 bits per heavy atom. The first kappa shape index (κ1) is 29.9. The third-order valence-corrected chi connectivity index (χ3v) is 9.10. The van der Waals surface area contributed by atoms with Gasteiger partial charge in [-0.05, 0) is 43.0 Å². The number of nitrogens with zero attached hydrogens (tertiary/aromatic N) is 5. The summed E-state index contributed by atoms with van der Waals surface area (Å²) >= 11 is 6.43. The molecule has 0 bridgehead atoms. The summed E-state index contributed by atoms with van der Waals surface area (Å²) in [6.07, 6.45) is 5.28. The van der Waals surface area contributed by atoms with Crippen molar-refractivity contribution in [1.82, 2.24) is 14.9 Å². The Morgan fingerprint density at radius 1 is 1.17 bits per heavy atom. The molecule has 11 nitrogen and oxygen atoms in total. The van der Waals surface area contributed by atoms with E-state index in [0.717, 1.165) is 49.5 Å². The van der Waals surface area contributed by atoms with E-state index >= 15 is 0 Å². The van der Waals surface area contributed by atoms with Crippen LogP contribution < -0.4 is 24.6 Å². The summed E-state index contributed by atoms with van der Waals surface area (Å²) < 4.78 is 19.4. The molecule has 42 heavy (non-hydrogen) atoms. The van der Waals surface area contributed by atoms with Crippen LogP contribution in [-0.2, 0) is 15.8 Å². The van der Waals surface area contributed by atoms with Crippen LogP contribution in [0.3, 0.4) is 0 Å². The van der Waals surface area contributed by atoms with Crippen molar-refractivity contribution in [2.45, 2.75) is 12.8 Å². The van der Waals surface area contributed by atoms with Crippen LogP contribution >= 0.6 is 11.6 Å². The van der Waals surface area contributed by atoms with Crippen LogP contribution in [0.25, 0.3) is 0 Å². The van der Waals surface area contributed by atoms with Crippen LogP contribution in [0.4, 0.5) is 34.5 Å². The number of carboxylic acid groups (broad SMARTS) is 1. The minimum atomic E-state index is -1.20. The number of hydrogen-bond acceptors (Lipinski definition) is 9. The van der Waals surface area contributed by atoms with Crippen molar-refractivity contribution in [1.29, 1.82) is 0 Å². The zero-order valence-electron chi connectivity index (χ0n) is 23.9. The highest BCUT2D eigenvalue weighted by atomic mass is 35.5. The summed E-state index contributed by atoms with van der Waals surface area (Å²) in [7, 11) is 2.19. The van der Waals surface area contributed by atoms with Crippen molar-refractivity contribution in [2.75, 3.05) is 73.0 Å². The molecule has 2 saturated heterocycles. The van der Waals surface area contributed by atoms with E-state index in [0.29, 0.717) is 47.2 Å². The first-order chi connectivity index (χ1) is 20.2. The molecule has 1 atom stereocenters. The molecular formula is C29H36ClN7O4S. The smallest absolute Gasteiger partial charge is 0.309 e. The molecule has 5 rings (SSSR count). The molecule has 0 amide bonds. The maximum Gasteiger partial charge on any atom is 0.309 e. The van der Waals surface area contributed by atoms with Crippen molar-refractivity contribution in [3.63, 3.8) is 0 Å². The van der Waals surface area contributed by atoms with E-state index in [1.54, 1.807) is 24.7 Å². The maximum atomic E-state index is 12.1. The van der Waals surface area contributed by atoms with Crippen molar-refractivity contribution in [3.05, 3.63) is 53.7 Å². The Balaban J connectivity index is 1.23. The quantitative estimate of drug-likeness (QED) is 0.283. The highest BCUT2D eigenvalue weighted by molar-refractivity contribution is 7.85. The number of carbonyl (C=O) groups is 1. The summed E-state index contributed by atoms with van der Waals surface area (Å²) in [5, 5.41) is 15.9. The van der Waals surface area contributed by atoms with Gasteiger partial charge in [-0.3, -0.25) is 9.10 Å². The molecule has 1 aromatic heterocycles. The fourth-order valence-corrected chi connectivity index (χ4v) is 5.92. The maximum absolute atomic E-state index is 12.1. The Morgan fingerprint density at radius 3 is 2.60 bits per heavy atom. The van der Waals surface area contributed by atoms with Gasteiger partial charge in [0.1, 0.15) is 21.8 Å². The van der Waals surface area contributed by atoms with Gasteiger partial charge in [-0.15, -0.1) is 0 Å². The summed E-state index contributed by atoms with van der Waals surface area (Å²) in [4.78, 5) is 24.6. The largest absolute Gasteiger partial charge is 0.494 e. The highest BCUT2D eigenvalue weighted by Crippen LogP contribution is 2.35. The number of nitrogens with one attached hydrogen (secondary N) is 2. The monoisotopic (exact) mass is 613 g/mol. The molecule has 0 radical (unpaired) electrons. The third-order valence-electron chi connectivity index (χ3n) is 7.86. The van der Waals surface area contributed by atoms with Crippen LogP contribution in [0, 0.1) is 11.8 Å². The minimum absolute atomic E-state index is 0.205. The van der Waals surface area contributed by atoms with Gasteiger partial charge in [0.05, 0.1) is 36.3 Å². The van der Waals surface area contributed by atoms with Gasteiger partial charge in [-0.2, -0.15) is 4.98 Å². The minimum Gasteiger partial charge on any atom is -0.494 e. The van der Waals surface area contributed by atoms with Crippen molar-refractivity contribution in [2.24, 2.45) is 11.8 Å². The molecule has 3 aromatic rings. The van der Waals surface area contributed by atoms with Crippen molar-refractivity contribution < 1.29 is 18.8 Å². The molecule has 0 saturated carbocycles. The Labute approximate surface area is 253 Å². The van der Waals surface area contributed by atoms with E-state index in [-0.39, 0.29) is 5.92 Å². The molecule has 0 aliphatic carbocycles. The van der Waals surface area contributed by atoms with Crippen LogP contribution in [0.5, 0.6) is 5.75 Å². The number of para-hydroxylation sites is 2. The normalized spacial score (nSPS) is 16.9. The SMILES string of the molecule is COc1cc(N2CCC(CN3CC(C(=O)O)C3)CC2)ccc1Nc1ncc(Cl)c(Nc2ccccc2N(C)S(C)=O)n1. The second-order valence-electron chi connectivity index (χ2n) is 10.6. The topological polar surface area (TPSA) is 123 Å². The average Bonchev–Trinajstić information content (AvgIpc) is 2.96. The molecule has 13 heteroatoms. The lowest BCUT2D eigenvalue weighted by molar-refractivity contribution is -0.147. The van der Waals surface area contributed by atoms with Crippen LogP contribution in [0.15, 0.2) is 48.7 Å². The summed E-state index contributed by atoms with van der Waals surface area (Å²) in [6.45, 7) is 4.19. The first-order valence-electron chi connectivity index (χ1n) is 13.8. The molecular weight excluding hydrogens is 578 g/mol. The van der Waals surface area contributed by atoms with Gasteiger partial charge in [-0.1, -0.05) is 23.7 Å². The van der Waals surface area contributed by atoms with Gasteiger partial charge in [0.2, 0.25) is 5.95 Å². The zero-order chi connectivity index (χ0) is 29.8. The number of rotatable bonds is 11. The number of aromatic nitrogens is 2. The molecule has 2 fully saturated rings. The molecule has 3 heterocycles. The number of halogens is 1. The molecule has 2 aliphatic heterocycles. The number of carboxylic acids is 1. The molecule has 224 valence electrons. The number of benzene rings is 2. The number of hydrogen-bond donors (Lipinski definition) is 3. The van der Waals surface area contributed by atoms with E-state index in [4.69, 9.17) is 21.4 Å². The number of likely N-dealkylation sites (tertiary alicyclic amines) is 1. The standard InChI is InChI=1S/C29H36ClN7O4S/c1-35(42(3)40)25-7-5-4-6-23(25)32-27-22(30)15-31-29(34-27)33-24-9-8-21(14-26(24)41-2)37-12-10-19(11-13-37)16-36-17-20(18-36)28(38)39/h4-9,14-15,19-20H,10-13,16-18H2,1-3H3,(H,38,39)(H2,31,32,33,34). The Bertz CT molecular complexity index is 1450. The number of ether oxygens (including phenoxy) is 1. The molecule has 2 aromatic carbocycles. The molecule has 0 spiro atoms. The van der Waals surface area contributed by atoms with E-state index in [9.17, 15) is 9.00 Å². The van der Waals surface area contributed by atoms with Crippen LogP contribution in [0.2, 0.25) is 5.02 Å². The highest BCUT2D eigenvalue weighted by Gasteiger charge is 2.34. The van der Waals surface area contributed by atoms with Gasteiger partial charge < -0.3 is 30.3 Å². The summed E-state index contributed by atoms with van der Waals surface area (Å²) in [6, 6.07) is 13.5. The lowest BCUT2D eigenvalue weighted by Gasteiger charge is -2.41. The van der Waals surface area contributed by atoms with Crippen LogP contribution in [-0.4, -0.2) is 83.3 Å². The zero-order valence-corrected chi connectivity index (χ0v) is 25.5. The Hall–Kier alpha value is -3.61. The number of methoxy groups -OCH3 is 1. The average molecular weight is 614 g/mol. The third kappa shape index (κ3) is 6.88. The van der Waals surface area contributed by atoms with E-state index in [1.165, 1.54) is 6.20 Å². The predicted octanol–water partition coefficient (Wildman–Crippen LogP) is 4.59. The van der Waals surface area contributed by atoms with E-state index in [1.807, 2.05) is 36.4 Å². The van der Waals surface area contributed by atoms with Gasteiger partial charge in [-0.25, -0.2) is 9.19 Å². The number of aliphatic carboxylic acids is 1. The van der Waals surface area contributed by atoms with Crippen molar-refractivity contribution in [3.8, 4) is 5.75 Å². The van der Waals surface area contributed by atoms with E-state index in [2.05, 4.69) is 36.5 Å². The molecule has 2 aliphatic rings. The fourth-order valence-electron chi connectivity index (χ4n) is 5.35. The molecule has 1 unspecified atom stereocenters. The number of anilines is 6. The lowest BCUT2D eigenvalue weighted by Crippen LogP contribution is -2.52. The van der Waals surface area contributed by atoms with Gasteiger partial charge in [0, 0.05) is 57.8 Å². The van der Waals surface area contributed by atoms with Gasteiger partial charge in [0.15, 0.2) is 5.82 Å². The summed E-state index contributed by atoms with van der Waals surface area (Å²) in [5.41, 5.74) is 3.26. The second kappa shape index (κ2) is 13.1. The Kier molecular flexibility index (Phi) is 9.34. The fraction of sp³-hybridized carbons (Fsp3) is 0.414. The molecule has 3 N–H and O–H groups in total. The summed E-state index contributed by atoms with van der Waals surface area (Å²) in [5.74, 6) is 1.11. The first-order valence-corrected chi connectivity index (χ1v) is 15.7. The second-order valence-corrected chi connectivity index (χ2v) is 12.4. The lowest BCUT2D eigenvalue weighted by atomic mass is 9.92. The number of piperidine rings is 1. The van der Waals surface area contributed by atoms with Gasteiger partial charge in [0.25, 0.3) is 0 Å².